The van der Waals surface area contributed by atoms with Gasteiger partial charge in [0.05, 0.1) is 17.7 Å². The van der Waals surface area contributed by atoms with E-state index in [0.717, 1.165) is 6.21 Å². The van der Waals surface area contributed by atoms with E-state index in [1.54, 1.807) is 20.8 Å². The average molecular weight is 462 g/mol. The molecule has 0 saturated carbocycles. The fourth-order valence-corrected chi connectivity index (χ4v) is 3.20. The van der Waals surface area contributed by atoms with E-state index in [9.17, 15) is 31.1 Å². The van der Waals surface area contributed by atoms with E-state index in [2.05, 4.69) is 20.9 Å². The molecule has 3 nitrogen and oxygen atoms in total. The summed E-state index contributed by atoms with van der Waals surface area (Å²) in [5.41, 5.74) is -4.82. The zero-order valence-corrected chi connectivity index (χ0v) is 16.3. The maximum atomic E-state index is 12.9. The number of carbonyl (C=O) groups excluding carboxylic acids is 1. The fourth-order valence-electron chi connectivity index (χ4n) is 2.18. The van der Waals surface area contributed by atoms with Gasteiger partial charge in [-0.05, 0) is 36.6 Å². The number of alkyl halides is 7. The molecule has 0 fully saturated rings. The molecule has 1 rings (SSSR count). The fraction of sp³-hybridized carbons (Fsp3) is 0.529. The smallest absolute Gasteiger partial charge is 0.416 e. The molecule has 0 heterocycles. The van der Waals surface area contributed by atoms with E-state index < -0.39 is 46.5 Å². The van der Waals surface area contributed by atoms with Crippen LogP contribution in [0.3, 0.4) is 0 Å². The van der Waals surface area contributed by atoms with E-state index >= 15 is 0 Å². The van der Waals surface area contributed by atoms with Crippen LogP contribution < -0.4 is 0 Å². The van der Waals surface area contributed by atoms with Crippen LogP contribution in [0.25, 0.3) is 0 Å². The zero-order chi connectivity index (χ0) is 21.0. The van der Waals surface area contributed by atoms with Crippen LogP contribution in [0.4, 0.5) is 26.3 Å². The van der Waals surface area contributed by atoms with Crippen LogP contribution in [-0.2, 0) is 21.9 Å². The first-order valence-electron chi connectivity index (χ1n) is 7.85. The Bertz CT molecular complexity index is 667. The molecule has 0 aliphatic rings. The van der Waals surface area contributed by atoms with Gasteiger partial charge in [-0.15, -0.1) is 0 Å². The summed E-state index contributed by atoms with van der Waals surface area (Å²) in [6, 6.07) is 1.12. The molecule has 1 aromatic rings. The largest absolute Gasteiger partial charge is 0.464 e. The van der Waals surface area contributed by atoms with E-state index in [0.29, 0.717) is 12.1 Å². The summed E-state index contributed by atoms with van der Waals surface area (Å²) in [6.45, 7) is 4.91. The number of hydrogen-bond acceptors (Lipinski definition) is 3. The number of benzene rings is 1. The molecule has 1 aromatic carbocycles. The van der Waals surface area contributed by atoms with Crippen LogP contribution in [-0.4, -0.2) is 29.7 Å². The van der Waals surface area contributed by atoms with Gasteiger partial charge in [0.25, 0.3) is 0 Å². The Hall–Kier alpha value is -1.58. The SMILES string of the molecule is CCOC(=O)C(CBr)(N=Cc1cc(C(F)(F)F)cc(C(F)(F)F)c1)C(C)C. The van der Waals surface area contributed by atoms with Crippen molar-refractivity contribution in [1.29, 1.82) is 0 Å². The van der Waals surface area contributed by atoms with Crippen molar-refractivity contribution in [3.05, 3.63) is 34.9 Å². The molecule has 0 N–H and O–H groups in total. The second kappa shape index (κ2) is 8.62. The predicted molar refractivity (Wildman–Crippen MR) is 92.0 cm³/mol. The molecule has 0 radical (unpaired) electrons. The monoisotopic (exact) mass is 461 g/mol. The number of hydrogen-bond donors (Lipinski definition) is 0. The first-order valence-corrected chi connectivity index (χ1v) is 8.98. The third-order valence-electron chi connectivity index (χ3n) is 3.84. The maximum Gasteiger partial charge on any atom is 0.416 e. The lowest BCUT2D eigenvalue weighted by molar-refractivity contribution is -0.150. The normalized spacial score (nSPS) is 15.2. The highest BCUT2D eigenvalue weighted by molar-refractivity contribution is 9.09. The minimum atomic E-state index is -4.96. The van der Waals surface area contributed by atoms with E-state index in [1.807, 2.05) is 0 Å². The Morgan fingerprint density at radius 1 is 1.11 bits per heavy atom. The number of esters is 1. The maximum absolute atomic E-state index is 12.9. The summed E-state index contributed by atoms with van der Waals surface area (Å²) in [6.07, 6.45) is -9.09. The molecule has 0 amide bonds. The first kappa shape index (κ1) is 23.5. The second-order valence-corrected chi connectivity index (χ2v) is 6.59. The van der Waals surface area contributed by atoms with Crippen LogP contribution in [0.15, 0.2) is 23.2 Å². The molecule has 0 aliphatic heterocycles. The number of carbonyl (C=O) groups is 1. The van der Waals surface area contributed by atoms with Gasteiger partial charge in [0.15, 0.2) is 5.54 Å². The minimum Gasteiger partial charge on any atom is -0.464 e. The first-order chi connectivity index (χ1) is 12.3. The van der Waals surface area contributed by atoms with Gasteiger partial charge in [0.1, 0.15) is 0 Å². The number of rotatable bonds is 6. The van der Waals surface area contributed by atoms with E-state index in [4.69, 9.17) is 4.74 Å². The topological polar surface area (TPSA) is 38.7 Å². The third-order valence-corrected chi connectivity index (χ3v) is 4.70. The average Bonchev–Trinajstić information content (AvgIpc) is 2.54. The molecule has 1 unspecified atom stereocenters. The molecule has 0 saturated heterocycles. The van der Waals surface area contributed by atoms with Gasteiger partial charge >= 0.3 is 18.3 Å². The van der Waals surface area contributed by atoms with Gasteiger partial charge in [-0.25, -0.2) is 4.79 Å². The number of aliphatic imine (C=N–C) groups is 1. The summed E-state index contributed by atoms with van der Waals surface area (Å²) in [4.78, 5) is 16.3. The zero-order valence-electron chi connectivity index (χ0n) is 14.7. The van der Waals surface area contributed by atoms with Crippen LogP contribution >= 0.6 is 15.9 Å². The number of halogens is 7. The summed E-state index contributed by atoms with van der Waals surface area (Å²) >= 11 is 3.14. The standard InChI is InChI=1S/C17H18BrF6NO2/c1-4-27-14(26)15(9-18,10(2)3)25-8-11-5-12(16(19,20)21)7-13(6-11)17(22,23)24/h5-8,10H,4,9H2,1-3H3. The van der Waals surface area contributed by atoms with Crippen LogP contribution in [0.2, 0.25) is 0 Å². The molecular weight excluding hydrogens is 444 g/mol. The molecular formula is C17H18BrF6NO2. The van der Waals surface area contributed by atoms with Crippen molar-refractivity contribution in [2.45, 2.75) is 38.7 Å². The van der Waals surface area contributed by atoms with Crippen molar-refractivity contribution < 1.29 is 35.9 Å². The van der Waals surface area contributed by atoms with Gasteiger partial charge in [-0.2, -0.15) is 26.3 Å². The van der Waals surface area contributed by atoms with Crippen LogP contribution in [0.1, 0.15) is 37.5 Å². The summed E-state index contributed by atoms with van der Waals surface area (Å²) in [5.74, 6) is -1.16. The molecule has 152 valence electrons. The lowest BCUT2D eigenvalue weighted by Gasteiger charge is -2.29. The summed E-state index contributed by atoms with van der Waals surface area (Å²) in [5, 5.41) is -0.0158. The minimum absolute atomic E-state index is 0.0158. The van der Waals surface area contributed by atoms with E-state index in [-0.39, 0.29) is 18.0 Å². The van der Waals surface area contributed by atoms with Crippen molar-refractivity contribution in [3.8, 4) is 0 Å². The highest BCUT2D eigenvalue weighted by atomic mass is 79.9. The van der Waals surface area contributed by atoms with Crippen molar-refractivity contribution in [3.63, 3.8) is 0 Å². The van der Waals surface area contributed by atoms with Gasteiger partial charge in [0, 0.05) is 11.5 Å². The highest BCUT2D eigenvalue weighted by Crippen LogP contribution is 2.36. The third kappa shape index (κ3) is 5.70. The van der Waals surface area contributed by atoms with Crippen LogP contribution in [0, 0.1) is 5.92 Å². The Morgan fingerprint density at radius 2 is 1.59 bits per heavy atom. The Kier molecular flexibility index (Phi) is 7.49. The molecule has 1 atom stereocenters. The second-order valence-electron chi connectivity index (χ2n) is 6.03. The van der Waals surface area contributed by atoms with Gasteiger partial charge < -0.3 is 4.74 Å². The Balaban J connectivity index is 3.49. The van der Waals surface area contributed by atoms with Gasteiger partial charge in [0.2, 0.25) is 0 Å². The lowest BCUT2D eigenvalue weighted by Crippen LogP contribution is -2.45. The molecule has 0 aliphatic carbocycles. The van der Waals surface area contributed by atoms with E-state index in [1.165, 1.54) is 0 Å². The predicted octanol–water partition coefficient (Wildman–Crippen LogP) is 5.50. The van der Waals surface area contributed by atoms with Crippen molar-refractivity contribution in [2.24, 2.45) is 10.9 Å². The molecule has 0 bridgehead atoms. The summed E-state index contributed by atoms with van der Waals surface area (Å²) in [7, 11) is 0. The Labute approximate surface area is 160 Å². The van der Waals surface area contributed by atoms with Crippen LogP contribution in [0.5, 0.6) is 0 Å². The quantitative estimate of drug-likeness (QED) is 0.243. The van der Waals surface area contributed by atoms with Crippen molar-refractivity contribution in [2.75, 3.05) is 11.9 Å². The van der Waals surface area contributed by atoms with Gasteiger partial charge in [-0.1, -0.05) is 29.8 Å². The van der Waals surface area contributed by atoms with Crippen molar-refractivity contribution in [1.82, 2.24) is 0 Å². The number of ether oxygens (including phenoxy) is 1. The molecule has 0 aromatic heterocycles. The van der Waals surface area contributed by atoms with Crippen molar-refractivity contribution >= 4 is 28.1 Å². The highest BCUT2D eigenvalue weighted by Gasteiger charge is 2.42. The molecule has 0 spiro atoms. The Morgan fingerprint density at radius 3 is 1.93 bits per heavy atom. The lowest BCUT2D eigenvalue weighted by atomic mass is 9.89. The molecule has 27 heavy (non-hydrogen) atoms. The molecule has 10 heteroatoms. The summed E-state index contributed by atoms with van der Waals surface area (Å²) < 4.78 is 82.6. The van der Waals surface area contributed by atoms with Gasteiger partial charge in [-0.3, -0.25) is 4.99 Å². The number of nitrogens with zero attached hydrogens (tertiary/aromatic N) is 1.